The lowest BCUT2D eigenvalue weighted by Crippen LogP contribution is -2.75. The number of hydrogen-bond acceptors (Lipinski definition) is 7. The van der Waals surface area contributed by atoms with Crippen LogP contribution in [0.15, 0.2) is 24.0 Å². The lowest BCUT2D eigenvalue weighted by molar-refractivity contribution is -0.206. The number of esters is 2. The summed E-state index contributed by atoms with van der Waals surface area (Å²) in [6, 6.07) is 4.08. The van der Waals surface area contributed by atoms with Gasteiger partial charge in [0, 0.05) is 24.8 Å². The molecule has 0 aromatic heterocycles. The number of likely N-dealkylation sites (tertiary alicyclic amines) is 1. The van der Waals surface area contributed by atoms with E-state index in [2.05, 4.69) is 31.9 Å². The van der Waals surface area contributed by atoms with Crippen LogP contribution in [0, 0.1) is 0 Å². The molecule has 2 heterocycles. The van der Waals surface area contributed by atoms with Gasteiger partial charge in [0.2, 0.25) is 0 Å². The van der Waals surface area contributed by atoms with Gasteiger partial charge in [-0.1, -0.05) is 32.8 Å². The Morgan fingerprint density at radius 2 is 1.89 bits per heavy atom. The maximum Gasteiger partial charge on any atom is 0.310 e. The van der Waals surface area contributed by atoms with Crippen LogP contribution >= 0.6 is 0 Å². The average Bonchev–Trinajstić information content (AvgIpc) is 3.21. The summed E-state index contributed by atoms with van der Waals surface area (Å²) in [5.74, 6) is 1.49. The van der Waals surface area contributed by atoms with Crippen molar-refractivity contribution >= 4 is 11.9 Å². The lowest BCUT2D eigenvalue weighted by Gasteiger charge is -2.62. The van der Waals surface area contributed by atoms with Crippen molar-refractivity contribution in [1.29, 1.82) is 0 Å². The zero-order valence-corrected chi connectivity index (χ0v) is 21.4. The first-order chi connectivity index (χ1) is 16.9. The summed E-state index contributed by atoms with van der Waals surface area (Å²) in [7, 11) is 3.75. The Balaban J connectivity index is 1.65. The molecular weight excluding hydrogens is 446 g/mol. The first-order valence-corrected chi connectivity index (χ1v) is 13.1. The standard InChI is InChI=1S/C28H37NO6/c1-5-7-9-22(30)33-20-13-14-28(35-23(31)10-8-6-2)21-17-18-11-12-19(32-4)25-24(18)27(28,26(20)34-25)15-16-29(21)3/h11-13,21,26H,5-10,14-17H2,1-4H3/t21?,26-,27?,28?/m0/s1. The van der Waals surface area contributed by atoms with Gasteiger partial charge in [-0.05, 0) is 57.0 Å². The van der Waals surface area contributed by atoms with E-state index in [-0.39, 0.29) is 18.0 Å². The average molecular weight is 484 g/mol. The molecule has 3 unspecified atom stereocenters. The number of unbranched alkanes of at least 4 members (excludes halogenated alkanes) is 2. The summed E-state index contributed by atoms with van der Waals surface area (Å²) in [4.78, 5) is 28.2. The monoisotopic (exact) mass is 483 g/mol. The van der Waals surface area contributed by atoms with Gasteiger partial charge < -0.3 is 18.9 Å². The number of carbonyl (C=O) groups excluding carboxylic acids is 2. The highest BCUT2D eigenvalue weighted by molar-refractivity contribution is 5.74. The molecule has 0 N–H and O–H groups in total. The number of rotatable bonds is 9. The number of methoxy groups -OCH3 is 1. The molecule has 4 aliphatic rings. The minimum atomic E-state index is -0.792. The van der Waals surface area contributed by atoms with Crippen LogP contribution in [0.1, 0.15) is 76.3 Å². The van der Waals surface area contributed by atoms with Gasteiger partial charge >= 0.3 is 11.9 Å². The normalized spacial score (nSPS) is 30.1. The summed E-state index contributed by atoms with van der Waals surface area (Å²) < 4.78 is 24.9. The fourth-order valence-electron chi connectivity index (χ4n) is 6.84. The number of piperidine rings is 1. The molecule has 2 bridgehead atoms. The fourth-order valence-corrected chi connectivity index (χ4v) is 6.84. The first-order valence-electron chi connectivity index (χ1n) is 13.1. The molecule has 1 fully saturated rings. The van der Waals surface area contributed by atoms with Gasteiger partial charge in [0.25, 0.3) is 0 Å². The third-order valence-electron chi connectivity index (χ3n) is 8.52. The lowest BCUT2D eigenvalue weighted by atomic mass is 9.50. The second-order valence-corrected chi connectivity index (χ2v) is 10.4. The Labute approximate surface area is 207 Å². The molecule has 1 spiro atoms. The van der Waals surface area contributed by atoms with Crippen molar-refractivity contribution in [2.75, 3.05) is 20.7 Å². The third-order valence-corrected chi connectivity index (χ3v) is 8.52. The van der Waals surface area contributed by atoms with Crippen LogP contribution < -0.4 is 9.47 Å². The Hall–Kier alpha value is -2.54. The van der Waals surface area contributed by atoms with Crippen LogP contribution in [-0.4, -0.2) is 55.3 Å². The van der Waals surface area contributed by atoms with Gasteiger partial charge in [0.05, 0.1) is 18.6 Å². The van der Waals surface area contributed by atoms with Crippen LogP contribution in [0.4, 0.5) is 0 Å². The molecule has 7 heteroatoms. The van der Waals surface area contributed by atoms with E-state index in [1.807, 2.05) is 12.1 Å². The maximum atomic E-state index is 13.2. The third kappa shape index (κ3) is 3.49. The van der Waals surface area contributed by atoms with Crippen LogP contribution in [0.2, 0.25) is 0 Å². The molecule has 0 saturated carbocycles. The van der Waals surface area contributed by atoms with E-state index in [9.17, 15) is 9.59 Å². The summed E-state index contributed by atoms with van der Waals surface area (Å²) in [5, 5.41) is 0. The van der Waals surface area contributed by atoms with Crippen LogP contribution in [0.3, 0.4) is 0 Å². The van der Waals surface area contributed by atoms with Gasteiger partial charge in [-0.3, -0.25) is 14.5 Å². The molecular formula is C28H37NO6. The number of nitrogens with zero attached hydrogens (tertiary/aromatic N) is 1. The van der Waals surface area contributed by atoms with Crippen molar-refractivity contribution in [3.8, 4) is 11.5 Å². The zero-order valence-electron chi connectivity index (χ0n) is 21.4. The SMILES string of the molecule is CCCCC(=O)OC1=CCC2(OC(=O)CCCC)C3Cc4ccc(OC)c5c4C2(CCN3C)[C@H]1O5. The summed E-state index contributed by atoms with van der Waals surface area (Å²) in [5.41, 5.74) is 0.848. The molecule has 0 radical (unpaired) electrons. The Kier molecular flexibility index (Phi) is 6.32. The molecule has 1 aromatic carbocycles. The van der Waals surface area contributed by atoms with Gasteiger partial charge in [-0.2, -0.15) is 0 Å². The van der Waals surface area contributed by atoms with Crippen molar-refractivity contribution in [2.45, 2.75) is 94.8 Å². The predicted molar refractivity (Wildman–Crippen MR) is 130 cm³/mol. The van der Waals surface area contributed by atoms with Crippen molar-refractivity contribution in [3.63, 3.8) is 0 Å². The minimum absolute atomic E-state index is 0.00774. The van der Waals surface area contributed by atoms with Gasteiger partial charge in [0.15, 0.2) is 17.6 Å². The van der Waals surface area contributed by atoms with Crippen molar-refractivity contribution in [1.82, 2.24) is 4.90 Å². The number of likely N-dealkylation sites (N-methyl/N-ethyl adjacent to an activating group) is 1. The molecule has 35 heavy (non-hydrogen) atoms. The van der Waals surface area contributed by atoms with Crippen molar-refractivity contribution in [3.05, 3.63) is 35.1 Å². The highest BCUT2D eigenvalue weighted by atomic mass is 16.6. The van der Waals surface area contributed by atoms with Crippen molar-refractivity contribution < 1.29 is 28.5 Å². The molecule has 5 rings (SSSR count). The molecule has 0 amide bonds. The zero-order chi connectivity index (χ0) is 24.8. The summed E-state index contributed by atoms with van der Waals surface area (Å²) in [6.07, 6.45) is 7.61. The highest BCUT2D eigenvalue weighted by Gasteiger charge is 2.74. The van der Waals surface area contributed by atoms with Crippen LogP contribution in [0.5, 0.6) is 11.5 Å². The maximum absolute atomic E-state index is 13.2. The Morgan fingerprint density at radius 1 is 1.14 bits per heavy atom. The minimum Gasteiger partial charge on any atom is -0.493 e. The summed E-state index contributed by atoms with van der Waals surface area (Å²) >= 11 is 0. The van der Waals surface area contributed by atoms with E-state index in [1.165, 1.54) is 5.56 Å². The van der Waals surface area contributed by atoms with Crippen molar-refractivity contribution in [2.24, 2.45) is 0 Å². The topological polar surface area (TPSA) is 74.3 Å². The van der Waals surface area contributed by atoms with E-state index in [0.29, 0.717) is 36.5 Å². The van der Waals surface area contributed by atoms with Gasteiger partial charge in [0.1, 0.15) is 11.4 Å². The fraction of sp³-hybridized carbons (Fsp3) is 0.643. The quantitative estimate of drug-likeness (QED) is 0.481. The Bertz CT molecular complexity index is 1050. The predicted octanol–water partition coefficient (Wildman–Crippen LogP) is 4.45. The molecule has 1 saturated heterocycles. The second-order valence-electron chi connectivity index (χ2n) is 10.4. The van der Waals surface area contributed by atoms with E-state index < -0.39 is 17.1 Å². The second kappa shape index (κ2) is 9.16. The Morgan fingerprint density at radius 3 is 2.60 bits per heavy atom. The number of carbonyl (C=O) groups is 2. The van der Waals surface area contributed by atoms with E-state index >= 15 is 0 Å². The molecule has 2 aliphatic carbocycles. The van der Waals surface area contributed by atoms with E-state index in [4.69, 9.17) is 18.9 Å². The first kappa shape index (κ1) is 24.2. The number of ether oxygens (including phenoxy) is 4. The van der Waals surface area contributed by atoms with Gasteiger partial charge in [-0.25, -0.2) is 0 Å². The molecule has 1 aromatic rings. The highest BCUT2D eigenvalue weighted by Crippen LogP contribution is 2.66. The summed E-state index contributed by atoms with van der Waals surface area (Å²) in [6.45, 7) is 4.97. The van der Waals surface area contributed by atoms with Crippen LogP contribution in [0.25, 0.3) is 0 Å². The van der Waals surface area contributed by atoms with E-state index in [1.54, 1.807) is 7.11 Å². The smallest absolute Gasteiger partial charge is 0.310 e. The number of hydrogen-bond donors (Lipinski definition) is 0. The van der Waals surface area contributed by atoms with E-state index in [0.717, 1.165) is 50.6 Å². The molecule has 7 nitrogen and oxygen atoms in total. The van der Waals surface area contributed by atoms with Gasteiger partial charge in [-0.15, -0.1) is 0 Å². The number of benzene rings is 1. The largest absolute Gasteiger partial charge is 0.493 e. The molecule has 2 aliphatic heterocycles. The molecule has 4 atom stereocenters. The van der Waals surface area contributed by atoms with Crippen LogP contribution in [-0.2, 0) is 30.9 Å². The molecule has 190 valence electrons.